The summed E-state index contributed by atoms with van der Waals surface area (Å²) in [7, 11) is -2.67. The molecule has 0 fully saturated rings. The predicted octanol–water partition coefficient (Wildman–Crippen LogP) is 3.96. The molecule has 32 heavy (non-hydrogen) atoms. The monoisotopic (exact) mass is 458 g/mol. The summed E-state index contributed by atoms with van der Waals surface area (Å²) in [5.74, 6) is -0.233. The first-order chi connectivity index (χ1) is 15.3. The number of halogens is 1. The highest BCUT2D eigenvalue weighted by Gasteiger charge is 2.21. The summed E-state index contributed by atoms with van der Waals surface area (Å²) in [5.41, 5.74) is 1.16. The number of rotatable bonds is 9. The van der Waals surface area contributed by atoms with Gasteiger partial charge in [0.05, 0.1) is 13.7 Å². The minimum atomic E-state index is -4.20. The average Bonchev–Trinajstić information content (AvgIpc) is 2.79. The molecule has 0 radical (unpaired) electrons. The molecule has 0 spiro atoms. The molecule has 0 atom stereocenters. The Kier molecular flexibility index (Phi) is 7.45. The molecule has 0 aromatic heterocycles. The van der Waals surface area contributed by atoms with Gasteiger partial charge in [-0.05, 0) is 67.1 Å². The van der Waals surface area contributed by atoms with Crippen LogP contribution in [-0.2, 0) is 16.6 Å². The van der Waals surface area contributed by atoms with Gasteiger partial charge in [-0.15, -0.1) is 0 Å². The van der Waals surface area contributed by atoms with Gasteiger partial charge in [-0.3, -0.25) is 4.79 Å². The Bertz CT molecular complexity index is 1180. The molecular formula is C23H23FN2O5S. The molecule has 3 rings (SSSR count). The van der Waals surface area contributed by atoms with E-state index in [0.717, 1.165) is 12.1 Å². The molecule has 0 bridgehead atoms. The molecule has 0 unspecified atom stereocenters. The van der Waals surface area contributed by atoms with Crippen LogP contribution in [0, 0.1) is 5.82 Å². The Balaban J connectivity index is 1.73. The summed E-state index contributed by atoms with van der Waals surface area (Å²) in [5, 5.41) is 2.65. The number of nitrogens with one attached hydrogen (secondary N) is 2. The van der Waals surface area contributed by atoms with E-state index in [9.17, 15) is 17.6 Å². The van der Waals surface area contributed by atoms with Gasteiger partial charge in [-0.25, -0.2) is 17.5 Å². The van der Waals surface area contributed by atoms with Crippen LogP contribution in [-0.4, -0.2) is 28.0 Å². The van der Waals surface area contributed by atoms with Crippen molar-refractivity contribution in [3.63, 3.8) is 0 Å². The summed E-state index contributed by atoms with van der Waals surface area (Å²) in [4.78, 5) is 12.0. The highest BCUT2D eigenvalue weighted by atomic mass is 32.2. The number of amides is 1. The van der Waals surface area contributed by atoms with Crippen molar-refractivity contribution in [1.82, 2.24) is 4.72 Å². The lowest BCUT2D eigenvalue weighted by Crippen LogP contribution is -2.25. The fraction of sp³-hybridized carbons (Fsp3) is 0.174. The van der Waals surface area contributed by atoms with E-state index in [4.69, 9.17) is 9.47 Å². The first-order valence-electron chi connectivity index (χ1n) is 9.78. The van der Waals surface area contributed by atoms with Gasteiger partial charge >= 0.3 is 0 Å². The Morgan fingerprint density at radius 3 is 2.25 bits per heavy atom. The largest absolute Gasteiger partial charge is 0.497 e. The van der Waals surface area contributed by atoms with Gasteiger partial charge in [-0.2, -0.15) is 0 Å². The second kappa shape index (κ2) is 10.3. The third-order valence-corrected chi connectivity index (χ3v) is 5.95. The molecular weight excluding hydrogens is 435 g/mol. The maximum absolute atomic E-state index is 14.3. The molecule has 0 saturated heterocycles. The number of hydrogen-bond donors (Lipinski definition) is 2. The van der Waals surface area contributed by atoms with Gasteiger partial charge in [0, 0.05) is 17.8 Å². The molecule has 0 heterocycles. The smallest absolute Gasteiger partial charge is 0.255 e. The topological polar surface area (TPSA) is 93.7 Å². The molecule has 0 saturated carbocycles. The van der Waals surface area contributed by atoms with Crippen molar-refractivity contribution in [3.8, 4) is 11.5 Å². The fourth-order valence-electron chi connectivity index (χ4n) is 2.85. The first-order valence-corrected chi connectivity index (χ1v) is 11.3. The van der Waals surface area contributed by atoms with Crippen LogP contribution < -0.4 is 19.5 Å². The highest BCUT2D eigenvalue weighted by molar-refractivity contribution is 7.89. The van der Waals surface area contributed by atoms with Crippen LogP contribution in [0.5, 0.6) is 11.5 Å². The van der Waals surface area contributed by atoms with Crippen LogP contribution in [0.2, 0.25) is 0 Å². The average molecular weight is 459 g/mol. The van der Waals surface area contributed by atoms with E-state index in [0.29, 0.717) is 29.4 Å². The predicted molar refractivity (Wildman–Crippen MR) is 119 cm³/mol. The number of benzene rings is 3. The number of hydrogen-bond acceptors (Lipinski definition) is 5. The second-order valence-electron chi connectivity index (χ2n) is 6.73. The lowest BCUT2D eigenvalue weighted by atomic mass is 10.2. The Morgan fingerprint density at radius 2 is 1.62 bits per heavy atom. The third kappa shape index (κ3) is 5.83. The Labute approximate surface area is 186 Å². The van der Waals surface area contributed by atoms with Crippen molar-refractivity contribution in [3.05, 3.63) is 83.7 Å². The van der Waals surface area contributed by atoms with Crippen LogP contribution in [0.3, 0.4) is 0 Å². The maximum Gasteiger partial charge on any atom is 0.255 e. The van der Waals surface area contributed by atoms with E-state index in [-0.39, 0.29) is 12.1 Å². The number of methoxy groups -OCH3 is 1. The van der Waals surface area contributed by atoms with Gasteiger partial charge in [0.1, 0.15) is 22.2 Å². The zero-order valence-corrected chi connectivity index (χ0v) is 18.4. The zero-order chi connectivity index (χ0) is 23.1. The summed E-state index contributed by atoms with van der Waals surface area (Å²) in [6.07, 6.45) is 0. The standard InChI is InChI=1S/C23H23FN2O5S/c1-3-31-20-11-7-18(8-12-20)26-23(27)17-6-13-21(24)22(14-17)32(28,29)25-15-16-4-9-19(30-2)10-5-16/h4-14,25H,3,15H2,1-2H3,(H,26,27). The van der Waals surface area contributed by atoms with Crippen molar-refractivity contribution in [2.24, 2.45) is 0 Å². The summed E-state index contributed by atoms with van der Waals surface area (Å²) < 4.78 is 52.4. The van der Waals surface area contributed by atoms with Crippen molar-refractivity contribution < 1.29 is 27.1 Å². The van der Waals surface area contributed by atoms with Gasteiger partial charge < -0.3 is 14.8 Å². The van der Waals surface area contributed by atoms with E-state index >= 15 is 0 Å². The van der Waals surface area contributed by atoms with E-state index in [1.165, 1.54) is 13.2 Å². The summed E-state index contributed by atoms with van der Waals surface area (Å²) in [6.45, 7) is 2.33. The highest BCUT2D eigenvalue weighted by Crippen LogP contribution is 2.20. The van der Waals surface area contributed by atoms with Crippen molar-refractivity contribution >= 4 is 21.6 Å². The zero-order valence-electron chi connectivity index (χ0n) is 17.6. The summed E-state index contributed by atoms with van der Waals surface area (Å²) in [6, 6.07) is 16.7. The molecule has 168 valence electrons. The first kappa shape index (κ1) is 23.2. The van der Waals surface area contributed by atoms with Crippen LogP contribution >= 0.6 is 0 Å². The van der Waals surface area contributed by atoms with Crippen LogP contribution in [0.25, 0.3) is 0 Å². The Hall–Kier alpha value is -3.43. The second-order valence-corrected chi connectivity index (χ2v) is 8.46. The molecule has 7 nitrogen and oxygen atoms in total. The molecule has 0 aliphatic carbocycles. The number of carbonyl (C=O) groups excluding carboxylic acids is 1. The van der Waals surface area contributed by atoms with Crippen molar-refractivity contribution in [2.45, 2.75) is 18.4 Å². The molecule has 3 aromatic rings. The van der Waals surface area contributed by atoms with E-state index in [1.807, 2.05) is 6.92 Å². The number of sulfonamides is 1. The van der Waals surface area contributed by atoms with Crippen molar-refractivity contribution in [2.75, 3.05) is 19.0 Å². The molecule has 0 aliphatic rings. The van der Waals surface area contributed by atoms with Crippen LogP contribution in [0.1, 0.15) is 22.8 Å². The van der Waals surface area contributed by atoms with Gasteiger partial charge in [0.25, 0.3) is 5.91 Å². The third-order valence-electron chi connectivity index (χ3n) is 4.53. The maximum atomic E-state index is 14.3. The van der Waals surface area contributed by atoms with E-state index < -0.39 is 26.6 Å². The van der Waals surface area contributed by atoms with Crippen molar-refractivity contribution in [1.29, 1.82) is 0 Å². The lowest BCUT2D eigenvalue weighted by Gasteiger charge is -2.11. The summed E-state index contributed by atoms with van der Waals surface area (Å²) >= 11 is 0. The van der Waals surface area contributed by atoms with E-state index in [1.54, 1.807) is 48.5 Å². The normalized spacial score (nSPS) is 11.1. The lowest BCUT2D eigenvalue weighted by molar-refractivity contribution is 0.102. The molecule has 9 heteroatoms. The minimum absolute atomic E-state index is 0.00473. The van der Waals surface area contributed by atoms with Gasteiger partial charge in [-0.1, -0.05) is 12.1 Å². The number of carbonyl (C=O) groups is 1. The number of ether oxygens (including phenoxy) is 2. The molecule has 2 N–H and O–H groups in total. The number of anilines is 1. The Morgan fingerprint density at radius 1 is 0.969 bits per heavy atom. The minimum Gasteiger partial charge on any atom is -0.497 e. The quantitative estimate of drug-likeness (QED) is 0.506. The SMILES string of the molecule is CCOc1ccc(NC(=O)c2ccc(F)c(S(=O)(=O)NCc3ccc(OC)cc3)c2)cc1. The van der Waals surface area contributed by atoms with Gasteiger partial charge in [0.15, 0.2) is 0 Å². The molecule has 3 aromatic carbocycles. The van der Waals surface area contributed by atoms with Crippen LogP contribution in [0.4, 0.5) is 10.1 Å². The van der Waals surface area contributed by atoms with Gasteiger partial charge in [0.2, 0.25) is 10.0 Å². The molecule has 0 aliphatic heterocycles. The molecule has 1 amide bonds. The van der Waals surface area contributed by atoms with Crippen LogP contribution in [0.15, 0.2) is 71.6 Å². The van der Waals surface area contributed by atoms with E-state index in [2.05, 4.69) is 10.0 Å². The fourth-order valence-corrected chi connectivity index (χ4v) is 3.97.